The lowest BCUT2D eigenvalue weighted by atomic mass is 10.1. The lowest BCUT2D eigenvalue weighted by Gasteiger charge is -2.15. The smallest absolute Gasteiger partial charge is 0.261 e. The summed E-state index contributed by atoms with van der Waals surface area (Å²) in [6, 6.07) is 14.4. The second-order valence-electron chi connectivity index (χ2n) is 9.68. The van der Waals surface area contributed by atoms with Crippen LogP contribution >= 0.6 is 0 Å². The van der Waals surface area contributed by atoms with Crippen LogP contribution in [0.1, 0.15) is 61.7 Å². The van der Waals surface area contributed by atoms with Gasteiger partial charge in [-0.1, -0.05) is 32.0 Å². The summed E-state index contributed by atoms with van der Waals surface area (Å²) in [5.41, 5.74) is 4.56. The molecule has 2 aromatic heterocycles. The monoisotopic (exact) mass is 481 g/mol. The van der Waals surface area contributed by atoms with E-state index in [2.05, 4.69) is 10.4 Å². The van der Waals surface area contributed by atoms with Crippen molar-refractivity contribution in [3.05, 3.63) is 82.0 Å². The van der Waals surface area contributed by atoms with E-state index in [9.17, 15) is 14.4 Å². The number of anilines is 1. The summed E-state index contributed by atoms with van der Waals surface area (Å²) in [5.74, 6) is 0.103. The van der Waals surface area contributed by atoms with Crippen LogP contribution in [0.15, 0.2) is 48.5 Å². The molecule has 182 valence electrons. The third-order valence-electron chi connectivity index (χ3n) is 6.31. The fourth-order valence-electron chi connectivity index (χ4n) is 4.57. The van der Waals surface area contributed by atoms with Crippen LogP contribution < -0.4 is 5.32 Å². The van der Waals surface area contributed by atoms with Crippen LogP contribution in [-0.4, -0.2) is 43.9 Å². The van der Waals surface area contributed by atoms with Crippen molar-refractivity contribution < 1.29 is 14.4 Å². The van der Waals surface area contributed by atoms with Gasteiger partial charge in [0.15, 0.2) is 5.82 Å². The molecule has 1 aliphatic rings. The van der Waals surface area contributed by atoms with Gasteiger partial charge in [0.1, 0.15) is 5.82 Å². The van der Waals surface area contributed by atoms with Gasteiger partial charge < -0.3 is 5.32 Å². The molecule has 2 aromatic carbocycles. The lowest BCUT2D eigenvalue weighted by molar-refractivity contribution is 0.0636. The molecule has 1 aliphatic heterocycles. The number of rotatable bonds is 5. The van der Waals surface area contributed by atoms with E-state index in [0.29, 0.717) is 29.4 Å². The molecule has 0 saturated heterocycles. The normalized spacial score (nSPS) is 13.1. The molecule has 8 heteroatoms. The minimum atomic E-state index is -0.407. The molecular formula is C28H27N5O3. The number of amides is 3. The number of aryl methyl sites for hydroxylation is 3. The summed E-state index contributed by atoms with van der Waals surface area (Å²) in [7, 11) is 0. The molecule has 0 atom stereocenters. The number of carbonyl (C=O) groups is 3. The zero-order valence-corrected chi connectivity index (χ0v) is 20.9. The van der Waals surface area contributed by atoms with Crippen molar-refractivity contribution in [2.75, 3.05) is 11.9 Å². The second kappa shape index (κ2) is 8.71. The molecule has 3 amide bonds. The third kappa shape index (κ3) is 3.94. The van der Waals surface area contributed by atoms with Crippen LogP contribution in [0.3, 0.4) is 0 Å². The van der Waals surface area contributed by atoms with E-state index in [1.54, 1.807) is 22.9 Å². The van der Waals surface area contributed by atoms with Gasteiger partial charge in [-0.05, 0) is 62.1 Å². The molecule has 0 radical (unpaired) electrons. The molecular weight excluding hydrogens is 454 g/mol. The fraction of sp³-hybridized carbons (Fsp3) is 0.250. The summed E-state index contributed by atoms with van der Waals surface area (Å²) >= 11 is 0. The molecule has 0 spiro atoms. The Morgan fingerprint density at radius 3 is 2.44 bits per heavy atom. The molecule has 8 nitrogen and oxygen atoms in total. The van der Waals surface area contributed by atoms with Crippen LogP contribution in [-0.2, 0) is 0 Å². The summed E-state index contributed by atoms with van der Waals surface area (Å²) < 4.78 is 1.61. The maximum atomic E-state index is 13.2. The van der Waals surface area contributed by atoms with E-state index in [0.717, 1.165) is 22.0 Å². The number of nitrogens with one attached hydrogen (secondary N) is 1. The van der Waals surface area contributed by atoms with Crippen LogP contribution in [0.5, 0.6) is 0 Å². The number of para-hydroxylation sites is 1. The largest absolute Gasteiger partial charge is 0.306 e. The summed E-state index contributed by atoms with van der Waals surface area (Å²) in [6.07, 6.45) is 0. The molecule has 0 bridgehead atoms. The van der Waals surface area contributed by atoms with Gasteiger partial charge in [-0.3, -0.25) is 19.3 Å². The molecule has 36 heavy (non-hydrogen) atoms. The van der Waals surface area contributed by atoms with Gasteiger partial charge in [-0.25, -0.2) is 4.98 Å². The maximum Gasteiger partial charge on any atom is 0.261 e. The van der Waals surface area contributed by atoms with E-state index in [-0.39, 0.29) is 28.9 Å². The zero-order valence-electron chi connectivity index (χ0n) is 20.9. The van der Waals surface area contributed by atoms with Crippen molar-refractivity contribution in [1.29, 1.82) is 0 Å². The number of imide groups is 1. The lowest BCUT2D eigenvalue weighted by Crippen LogP contribution is -2.33. The number of nitrogens with zero attached hydrogens (tertiary/aromatic N) is 4. The Balaban J connectivity index is 1.47. The number of benzene rings is 2. The summed E-state index contributed by atoms with van der Waals surface area (Å²) in [4.78, 5) is 44.8. The van der Waals surface area contributed by atoms with E-state index >= 15 is 0 Å². The first-order valence-corrected chi connectivity index (χ1v) is 11.9. The van der Waals surface area contributed by atoms with Crippen molar-refractivity contribution in [3.8, 4) is 5.82 Å². The number of hydrogen-bond acceptors (Lipinski definition) is 5. The van der Waals surface area contributed by atoms with Crippen LogP contribution in [0.25, 0.3) is 16.7 Å². The number of fused-ring (bicyclic) bond motifs is 2. The van der Waals surface area contributed by atoms with Gasteiger partial charge >= 0.3 is 0 Å². The Morgan fingerprint density at radius 1 is 0.944 bits per heavy atom. The zero-order chi connectivity index (χ0) is 25.7. The quantitative estimate of drug-likeness (QED) is 0.411. The minimum absolute atomic E-state index is 0.148. The highest BCUT2D eigenvalue weighted by molar-refractivity contribution is 6.22. The second-order valence-corrected chi connectivity index (χ2v) is 9.68. The minimum Gasteiger partial charge on any atom is -0.306 e. The van der Waals surface area contributed by atoms with Gasteiger partial charge in [-0.2, -0.15) is 9.78 Å². The fourth-order valence-corrected chi connectivity index (χ4v) is 4.57. The molecule has 3 heterocycles. The van der Waals surface area contributed by atoms with Crippen LogP contribution in [0.4, 0.5) is 5.82 Å². The van der Waals surface area contributed by atoms with Crippen molar-refractivity contribution in [3.63, 3.8) is 0 Å². The van der Waals surface area contributed by atoms with Crippen molar-refractivity contribution in [2.24, 2.45) is 5.92 Å². The summed E-state index contributed by atoms with van der Waals surface area (Å²) in [5, 5.41) is 8.52. The van der Waals surface area contributed by atoms with E-state index in [1.807, 2.05) is 58.9 Å². The Morgan fingerprint density at radius 2 is 1.69 bits per heavy atom. The molecule has 0 fully saturated rings. The van der Waals surface area contributed by atoms with Gasteiger partial charge in [0.25, 0.3) is 17.7 Å². The van der Waals surface area contributed by atoms with Crippen LogP contribution in [0, 0.1) is 26.7 Å². The van der Waals surface area contributed by atoms with Gasteiger partial charge in [0.05, 0.1) is 22.3 Å². The Kier molecular flexibility index (Phi) is 5.67. The first-order chi connectivity index (χ1) is 17.1. The molecule has 4 aromatic rings. The molecule has 5 rings (SSSR count). The maximum absolute atomic E-state index is 13.2. The van der Waals surface area contributed by atoms with Crippen molar-refractivity contribution in [1.82, 2.24) is 19.7 Å². The molecule has 0 saturated carbocycles. The third-order valence-corrected chi connectivity index (χ3v) is 6.31. The summed E-state index contributed by atoms with van der Waals surface area (Å²) in [6.45, 7) is 10.1. The number of hydrogen-bond donors (Lipinski definition) is 1. The molecule has 0 aliphatic carbocycles. The predicted octanol–water partition coefficient (Wildman–Crippen LogP) is 4.85. The Hall–Kier alpha value is -4.33. The number of carbonyl (C=O) groups excluding carboxylic acids is 3. The van der Waals surface area contributed by atoms with Crippen molar-refractivity contribution >= 4 is 34.4 Å². The molecule has 1 N–H and O–H groups in total. The van der Waals surface area contributed by atoms with E-state index < -0.39 is 5.91 Å². The van der Waals surface area contributed by atoms with Crippen molar-refractivity contribution in [2.45, 2.75) is 34.6 Å². The number of aromatic nitrogens is 3. The number of pyridine rings is 1. The average Bonchev–Trinajstić information content (AvgIpc) is 3.31. The van der Waals surface area contributed by atoms with E-state index in [1.165, 1.54) is 11.0 Å². The highest BCUT2D eigenvalue weighted by atomic mass is 16.2. The van der Waals surface area contributed by atoms with Gasteiger partial charge in [0.2, 0.25) is 0 Å². The van der Waals surface area contributed by atoms with E-state index in [4.69, 9.17) is 4.98 Å². The van der Waals surface area contributed by atoms with Gasteiger partial charge in [0, 0.05) is 23.6 Å². The average molecular weight is 482 g/mol. The predicted molar refractivity (Wildman–Crippen MR) is 138 cm³/mol. The Bertz CT molecular complexity index is 1570. The standard InChI is InChI=1S/C28H27N5O3/c1-15(2)14-32-27(35)21-10-9-19(13-22(21)28(32)36)26(34)30-24-12-18(5)31-33(24)23-11-17(4)20-8-6-7-16(3)25(20)29-23/h6-13,15H,14H2,1-5H3,(H,30,34). The molecule has 0 unspecified atom stereocenters. The SMILES string of the molecule is Cc1cc(NC(=O)c2ccc3c(c2)C(=O)N(CC(C)C)C3=O)n(-c2cc(C)c3cccc(C)c3n2)n1. The van der Waals surface area contributed by atoms with Gasteiger partial charge in [-0.15, -0.1) is 0 Å². The topological polar surface area (TPSA) is 97.2 Å². The first kappa shape index (κ1) is 23.4. The first-order valence-electron chi connectivity index (χ1n) is 11.9. The Labute approximate surface area is 208 Å². The highest BCUT2D eigenvalue weighted by Crippen LogP contribution is 2.27. The highest BCUT2D eigenvalue weighted by Gasteiger charge is 2.36. The van der Waals surface area contributed by atoms with Crippen LogP contribution in [0.2, 0.25) is 0 Å².